The Bertz CT molecular complexity index is 646. The van der Waals surface area contributed by atoms with Gasteiger partial charge in [-0.3, -0.25) is 10.2 Å². The first-order chi connectivity index (χ1) is 9.04. The fourth-order valence-electron chi connectivity index (χ4n) is 1.83. The van der Waals surface area contributed by atoms with Gasteiger partial charge in [-0.15, -0.1) is 0 Å². The van der Waals surface area contributed by atoms with E-state index >= 15 is 0 Å². The molecule has 0 bridgehead atoms. The molecule has 2 rings (SSSR count). The monoisotopic (exact) mass is 261 g/mol. The van der Waals surface area contributed by atoms with Crippen LogP contribution >= 0.6 is 0 Å². The number of nitrogens with one attached hydrogen (secondary N) is 3. The molecule has 0 unspecified atom stereocenters. The molecular formula is C13H15N3O3. The van der Waals surface area contributed by atoms with E-state index < -0.39 is 11.9 Å². The summed E-state index contributed by atoms with van der Waals surface area (Å²) in [5.41, 5.74) is 6.87. The number of aryl methyl sites for hydroxylation is 2. The zero-order chi connectivity index (χ0) is 14.0. The fraction of sp³-hybridized carbons (Fsp3) is 0.231. The summed E-state index contributed by atoms with van der Waals surface area (Å²) in [4.78, 5) is 22.9. The third-order valence-corrected chi connectivity index (χ3v) is 2.88. The highest BCUT2D eigenvalue weighted by molar-refractivity contribution is 6.00. The van der Waals surface area contributed by atoms with Crippen molar-refractivity contribution in [3.8, 4) is 0 Å². The van der Waals surface area contributed by atoms with Gasteiger partial charge in [-0.1, -0.05) is 18.2 Å². The summed E-state index contributed by atoms with van der Waals surface area (Å²) in [6, 6.07) is 5.21. The predicted octanol–water partition coefficient (Wildman–Crippen LogP) is 1.62. The van der Waals surface area contributed by atoms with Gasteiger partial charge in [-0.2, -0.15) is 0 Å². The molecule has 0 aliphatic heterocycles. The van der Waals surface area contributed by atoms with Gasteiger partial charge in [0.05, 0.1) is 0 Å². The molecule has 100 valence electrons. The van der Waals surface area contributed by atoms with E-state index in [9.17, 15) is 9.59 Å². The second-order valence-corrected chi connectivity index (χ2v) is 4.17. The quantitative estimate of drug-likeness (QED) is 0.682. The summed E-state index contributed by atoms with van der Waals surface area (Å²) in [6.07, 6.45) is 0. The van der Waals surface area contributed by atoms with Crippen LogP contribution in [0.3, 0.4) is 0 Å². The van der Waals surface area contributed by atoms with Crippen LogP contribution in [-0.2, 0) is 0 Å². The van der Waals surface area contributed by atoms with E-state index in [-0.39, 0.29) is 5.76 Å². The number of urea groups is 1. The number of carbonyl (C=O) groups excluding carboxylic acids is 2. The van der Waals surface area contributed by atoms with Gasteiger partial charge in [0.2, 0.25) is 0 Å². The highest BCUT2D eigenvalue weighted by atomic mass is 16.3. The van der Waals surface area contributed by atoms with Crippen molar-refractivity contribution >= 4 is 22.9 Å². The van der Waals surface area contributed by atoms with E-state index in [1.165, 1.54) is 7.05 Å². The van der Waals surface area contributed by atoms with Crippen molar-refractivity contribution in [2.45, 2.75) is 13.8 Å². The molecule has 3 amide bonds. The van der Waals surface area contributed by atoms with Gasteiger partial charge in [0.1, 0.15) is 5.58 Å². The van der Waals surface area contributed by atoms with Crippen LogP contribution in [0, 0.1) is 13.8 Å². The molecule has 0 radical (unpaired) electrons. The third kappa shape index (κ3) is 2.37. The number of amides is 3. The maximum atomic E-state index is 11.9. The van der Waals surface area contributed by atoms with Crippen molar-refractivity contribution < 1.29 is 14.0 Å². The van der Waals surface area contributed by atoms with E-state index in [1.54, 1.807) is 6.92 Å². The van der Waals surface area contributed by atoms with Crippen molar-refractivity contribution in [3.05, 3.63) is 35.1 Å². The average molecular weight is 261 g/mol. The van der Waals surface area contributed by atoms with E-state index in [0.29, 0.717) is 5.58 Å². The molecule has 1 heterocycles. The molecule has 2 aromatic rings. The Morgan fingerprint density at radius 1 is 1.16 bits per heavy atom. The molecule has 0 aliphatic carbocycles. The van der Waals surface area contributed by atoms with Gasteiger partial charge in [0.25, 0.3) is 0 Å². The lowest BCUT2D eigenvalue weighted by Gasteiger charge is -2.04. The zero-order valence-electron chi connectivity index (χ0n) is 11.0. The second-order valence-electron chi connectivity index (χ2n) is 4.17. The topological polar surface area (TPSA) is 83.4 Å². The minimum atomic E-state index is -0.502. The van der Waals surface area contributed by atoms with E-state index in [1.807, 2.05) is 25.1 Å². The van der Waals surface area contributed by atoms with Gasteiger partial charge in [0, 0.05) is 18.0 Å². The Morgan fingerprint density at radius 3 is 2.53 bits per heavy atom. The van der Waals surface area contributed by atoms with E-state index in [4.69, 9.17) is 4.42 Å². The van der Waals surface area contributed by atoms with Crippen LogP contribution in [-0.4, -0.2) is 19.0 Å². The summed E-state index contributed by atoms with van der Waals surface area (Å²) in [7, 11) is 1.46. The van der Waals surface area contributed by atoms with E-state index in [0.717, 1.165) is 16.5 Å². The molecule has 0 atom stereocenters. The van der Waals surface area contributed by atoms with Crippen molar-refractivity contribution in [2.75, 3.05) is 7.05 Å². The van der Waals surface area contributed by atoms with Crippen LogP contribution in [0.15, 0.2) is 22.6 Å². The summed E-state index contributed by atoms with van der Waals surface area (Å²) in [5, 5.41) is 3.22. The number of hydrogen-bond acceptors (Lipinski definition) is 3. The number of fused-ring (bicyclic) bond motifs is 1. The van der Waals surface area contributed by atoms with Crippen LogP contribution in [0.2, 0.25) is 0 Å². The minimum absolute atomic E-state index is 0.195. The molecule has 1 aromatic carbocycles. The molecule has 0 saturated heterocycles. The number of benzene rings is 1. The summed E-state index contributed by atoms with van der Waals surface area (Å²) >= 11 is 0. The summed E-state index contributed by atoms with van der Waals surface area (Å²) in [6.45, 7) is 3.72. The van der Waals surface area contributed by atoms with Gasteiger partial charge in [-0.05, 0) is 19.4 Å². The SMILES string of the molecule is CNC(=O)NNC(=O)c1oc2c(C)cccc2c1C. The Hall–Kier alpha value is -2.50. The molecule has 3 N–H and O–H groups in total. The molecule has 0 saturated carbocycles. The van der Waals surface area contributed by atoms with Gasteiger partial charge < -0.3 is 9.73 Å². The highest BCUT2D eigenvalue weighted by Crippen LogP contribution is 2.27. The van der Waals surface area contributed by atoms with Gasteiger partial charge in [0.15, 0.2) is 5.76 Å². The standard InChI is InChI=1S/C13H15N3O3/c1-7-5-4-6-9-8(2)11(19-10(7)9)12(17)15-16-13(18)14-3/h4-6H,1-3H3,(H,15,17)(H2,14,16,18). The average Bonchev–Trinajstić information content (AvgIpc) is 2.75. The smallest absolute Gasteiger partial charge is 0.333 e. The maximum absolute atomic E-state index is 11.9. The zero-order valence-corrected chi connectivity index (χ0v) is 11.0. The molecule has 1 aromatic heterocycles. The van der Waals surface area contributed by atoms with E-state index in [2.05, 4.69) is 16.2 Å². The van der Waals surface area contributed by atoms with Gasteiger partial charge >= 0.3 is 11.9 Å². The molecule has 0 fully saturated rings. The fourth-order valence-corrected chi connectivity index (χ4v) is 1.83. The second kappa shape index (κ2) is 5.01. The molecular weight excluding hydrogens is 246 g/mol. The lowest BCUT2D eigenvalue weighted by molar-refractivity contribution is 0.0910. The van der Waals surface area contributed by atoms with Crippen LogP contribution in [0.1, 0.15) is 21.7 Å². The van der Waals surface area contributed by atoms with Crippen LogP contribution in [0.25, 0.3) is 11.0 Å². The molecule has 0 aliphatic rings. The van der Waals surface area contributed by atoms with Crippen molar-refractivity contribution in [2.24, 2.45) is 0 Å². The molecule has 6 heteroatoms. The number of furan rings is 1. The maximum Gasteiger partial charge on any atom is 0.333 e. The first-order valence-corrected chi connectivity index (χ1v) is 5.81. The van der Waals surface area contributed by atoms with Crippen LogP contribution < -0.4 is 16.2 Å². The predicted molar refractivity (Wildman–Crippen MR) is 70.7 cm³/mol. The number of carbonyl (C=O) groups is 2. The summed E-state index contributed by atoms with van der Waals surface area (Å²) < 4.78 is 5.57. The Balaban J connectivity index is 2.30. The largest absolute Gasteiger partial charge is 0.450 e. The molecule has 19 heavy (non-hydrogen) atoms. The minimum Gasteiger partial charge on any atom is -0.450 e. The summed E-state index contributed by atoms with van der Waals surface area (Å²) in [5.74, 6) is -0.294. The number of para-hydroxylation sites is 1. The van der Waals surface area contributed by atoms with Crippen molar-refractivity contribution in [3.63, 3.8) is 0 Å². The third-order valence-electron chi connectivity index (χ3n) is 2.88. The Kier molecular flexibility index (Phi) is 3.41. The first-order valence-electron chi connectivity index (χ1n) is 5.81. The molecule has 6 nitrogen and oxygen atoms in total. The molecule has 0 spiro atoms. The van der Waals surface area contributed by atoms with Crippen LogP contribution in [0.4, 0.5) is 4.79 Å². The number of hydrazine groups is 1. The number of hydrogen-bond donors (Lipinski definition) is 3. The van der Waals surface area contributed by atoms with Crippen molar-refractivity contribution in [1.29, 1.82) is 0 Å². The normalized spacial score (nSPS) is 10.3. The van der Waals surface area contributed by atoms with Crippen molar-refractivity contribution in [1.82, 2.24) is 16.2 Å². The lowest BCUT2D eigenvalue weighted by Crippen LogP contribution is -2.45. The van der Waals surface area contributed by atoms with Gasteiger partial charge in [-0.25, -0.2) is 10.2 Å². The Labute approximate surface area is 110 Å². The Morgan fingerprint density at radius 2 is 1.89 bits per heavy atom. The number of rotatable bonds is 1. The lowest BCUT2D eigenvalue weighted by atomic mass is 10.1. The highest BCUT2D eigenvalue weighted by Gasteiger charge is 2.18. The first kappa shape index (κ1) is 12.9. The van der Waals surface area contributed by atoms with Crippen LogP contribution in [0.5, 0.6) is 0 Å².